The minimum absolute atomic E-state index is 0.631. The zero-order valence-corrected chi connectivity index (χ0v) is 12.0. The van der Waals surface area contributed by atoms with Gasteiger partial charge >= 0.3 is 0 Å². The molecule has 18 heavy (non-hydrogen) atoms. The Hall–Kier alpha value is -0.500. The molecule has 98 valence electrons. The lowest BCUT2D eigenvalue weighted by Gasteiger charge is -2.13. The third kappa shape index (κ3) is 4.01. The second-order valence-corrected chi connectivity index (χ2v) is 5.53. The van der Waals surface area contributed by atoms with E-state index in [9.17, 15) is 0 Å². The second kappa shape index (κ2) is 7.18. The van der Waals surface area contributed by atoms with Gasteiger partial charge in [0.15, 0.2) is 0 Å². The number of hydrogen-bond donors (Lipinski definition) is 1. The summed E-state index contributed by atoms with van der Waals surface area (Å²) in [5.41, 5.74) is 2.67. The van der Waals surface area contributed by atoms with Gasteiger partial charge in [0.2, 0.25) is 0 Å². The van der Waals surface area contributed by atoms with Crippen LogP contribution in [-0.4, -0.2) is 6.54 Å². The lowest BCUT2D eigenvalue weighted by molar-refractivity contribution is 0.632. The maximum absolute atomic E-state index is 6.14. The van der Waals surface area contributed by atoms with Crippen LogP contribution < -0.4 is 5.32 Å². The van der Waals surface area contributed by atoms with E-state index < -0.39 is 0 Å². The van der Waals surface area contributed by atoms with Crippen LogP contribution in [0.15, 0.2) is 29.8 Å². The summed E-state index contributed by atoms with van der Waals surface area (Å²) in [6.45, 7) is 1.79. The van der Waals surface area contributed by atoms with Gasteiger partial charge in [0.1, 0.15) is 0 Å². The van der Waals surface area contributed by atoms with Gasteiger partial charge in [0.25, 0.3) is 0 Å². The molecule has 0 aliphatic heterocycles. The molecule has 1 aliphatic carbocycles. The van der Waals surface area contributed by atoms with Crippen LogP contribution in [0, 0.1) is 0 Å². The summed E-state index contributed by atoms with van der Waals surface area (Å²) in [6.07, 6.45) is 8.80. The summed E-state index contributed by atoms with van der Waals surface area (Å²) in [5, 5.41) is 4.73. The van der Waals surface area contributed by atoms with Crippen molar-refractivity contribution in [3.8, 4) is 0 Å². The molecule has 0 unspecified atom stereocenters. The molecule has 0 saturated heterocycles. The van der Waals surface area contributed by atoms with Gasteiger partial charge in [-0.2, -0.15) is 0 Å². The van der Waals surface area contributed by atoms with Gasteiger partial charge in [-0.25, -0.2) is 0 Å². The molecular weight excluding hydrogens is 265 g/mol. The number of benzene rings is 1. The highest BCUT2D eigenvalue weighted by atomic mass is 35.5. The Morgan fingerprint density at radius 1 is 1.17 bits per heavy atom. The van der Waals surface area contributed by atoms with Crippen LogP contribution in [0.25, 0.3) is 0 Å². The maximum atomic E-state index is 6.14. The quantitative estimate of drug-likeness (QED) is 0.594. The molecule has 1 aromatic rings. The van der Waals surface area contributed by atoms with Gasteiger partial charge in [0.05, 0.1) is 10.0 Å². The third-order valence-corrected chi connectivity index (χ3v) is 4.21. The average molecular weight is 284 g/mol. The van der Waals surface area contributed by atoms with Gasteiger partial charge < -0.3 is 5.32 Å². The number of allylic oxidation sites excluding steroid dienone is 1. The highest BCUT2D eigenvalue weighted by Gasteiger charge is 2.05. The molecule has 1 nitrogen and oxygen atoms in total. The summed E-state index contributed by atoms with van der Waals surface area (Å²) in [6, 6.07) is 5.77. The molecule has 0 amide bonds. The lowest BCUT2D eigenvalue weighted by atomic mass is 9.97. The standard InChI is InChI=1S/C15H19Cl2N/c16-14-8-4-7-13(15(14)17)11-18-10-9-12-5-2-1-3-6-12/h4-5,7-8,18H,1-3,6,9-11H2. The van der Waals surface area contributed by atoms with Crippen molar-refractivity contribution in [2.45, 2.75) is 38.6 Å². The van der Waals surface area contributed by atoms with Crippen LogP contribution >= 0.6 is 23.2 Å². The van der Waals surface area contributed by atoms with Crippen LogP contribution in [0.4, 0.5) is 0 Å². The highest BCUT2D eigenvalue weighted by Crippen LogP contribution is 2.25. The fraction of sp³-hybridized carbons (Fsp3) is 0.467. The van der Waals surface area contributed by atoms with E-state index in [1.807, 2.05) is 18.2 Å². The van der Waals surface area contributed by atoms with Gasteiger partial charge in [-0.3, -0.25) is 0 Å². The second-order valence-electron chi connectivity index (χ2n) is 4.75. The molecule has 0 atom stereocenters. The van der Waals surface area contributed by atoms with Crippen LogP contribution in [0.2, 0.25) is 10.0 Å². The Bertz CT molecular complexity index is 427. The van der Waals surface area contributed by atoms with E-state index in [0.29, 0.717) is 10.0 Å². The summed E-state index contributed by atoms with van der Waals surface area (Å²) in [5.74, 6) is 0. The van der Waals surface area contributed by atoms with Crippen molar-refractivity contribution >= 4 is 23.2 Å². The molecule has 0 heterocycles. The molecule has 1 N–H and O–H groups in total. The zero-order valence-electron chi connectivity index (χ0n) is 10.5. The Balaban J connectivity index is 1.75. The molecule has 0 fully saturated rings. The third-order valence-electron chi connectivity index (χ3n) is 3.35. The number of halogens is 2. The SMILES string of the molecule is Clc1cccc(CNCCC2=CCCCC2)c1Cl. The molecule has 1 aromatic carbocycles. The first-order valence-electron chi connectivity index (χ1n) is 6.59. The Kier molecular flexibility index (Phi) is 5.55. The van der Waals surface area contributed by atoms with Gasteiger partial charge in [-0.05, 0) is 50.3 Å². The van der Waals surface area contributed by atoms with Crippen molar-refractivity contribution in [3.63, 3.8) is 0 Å². The minimum Gasteiger partial charge on any atom is -0.312 e. The molecule has 2 rings (SSSR count). The first-order chi connectivity index (χ1) is 8.77. The molecule has 0 radical (unpaired) electrons. The van der Waals surface area contributed by atoms with Crippen molar-refractivity contribution < 1.29 is 0 Å². The van der Waals surface area contributed by atoms with Crippen molar-refractivity contribution in [2.75, 3.05) is 6.54 Å². The Morgan fingerprint density at radius 2 is 2.06 bits per heavy atom. The predicted molar refractivity (Wildman–Crippen MR) is 79.3 cm³/mol. The Morgan fingerprint density at radius 3 is 2.83 bits per heavy atom. The van der Waals surface area contributed by atoms with E-state index in [4.69, 9.17) is 23.2 Å². The summed E-state index contributed by atoms with van der Waals surface area (Å²) in [4.78, 5) is 0. The molecule has 3 heteroatoms. The van der Waals surface area contributed by atoms with Crippen molar-refractivity contribution in [2.24, 2.45) is 0 Å². The van der Waals surface area contributed by atoms with E-state index in [1.165, 1.54) is 25.7 Å². The normalized spacial score (nSPS) is 15.6. The van der Waals surface area contributed by atoms with Crippen LogP contribution in [0.1, 0.15) is 37.7 Å². The summed E-state index contributed by atoms with van der Waals surface area (Å²) >= 11 is 12.1. The van der Waals surface area contributed by atoms with E-state index in [1.54, 1.807) is 5.57 Å². The number of nitrogens with one attached hydrogen (secondary N) is 1. The molecule has 0 saturated carbocycles. The first kappa shape index (κ1) is 13.9. The van der Waals surface area contributed by atoms with E-state index >= 15 is 0 Å². The van der Waals surface area contributed by atoms with Crippen molar-refractivity contribution in [3.05, 3.63) is 45.5 Å². The predicted octanol–water partition coefficient (Wildman–Crippen LogP) is 4.97. The van der Waals surface area contributed by atoms with Gasteiger partial charge in [-0.1, -0.05) is 47.0 Å². The van der Waals surface area contributed by atoms with Gasteiger partial charge in [-0.15, -0.1) is 0 Å². The Labute approximate surface area is 119 Å². The molecule has 0 bridgehead atoms. The van der Waals surface area contributed by atoms with Crippen LogP contribution in [0.3, 0.4) is 0 Å². The van der Waals surface area contributed by atoms with E-state index in [0.717, 1.165) is 25.1 Å². The zero-order chi connectivity index (χ0) is 12.8. The highest BCUT2D eigenvalue weighted by molar-refractivity contribution is 6.42. The molecular formula is C15H19Cl2N. The fourth-order valence-corrected chi connectivity index (χ4v) is 2.68. The van der Waals surface area contributed by atoms with Crippen LogP contribution in [0.5, 0.6) is 0 Å². The lowest BCUT2D eigenvalue weighted by Crippen LogP contribution is -2.16. The summed E-state index contributed by atoms with van der Waals surface area (Å²) in [7, 11) is 0. The number of rotatable bonds is 5. The summed E-state index contributed by atoms with van der Waals surface area (Å²) < 4.78 is 0. The molecule has 1 aliphatic rings. The van der Waals surface area contributed by atoms with Crippen molar-refractivity contribution in [1.29, 1.82) is 0 Å². The number of hydrogen-bond acceptors (Lipinski definition) is 1. The minimum atomic E-state index is 0.631. The fourth-order valence-electron chi connectivity index (χ4n) is 2.29. The monoisotopic (exact) mass is 283 g/mol. The van der Waals surface area contributed by atoms with Crippen LogP contribution in [-0.2, 0) is 6.54 Å². The molecule has 0 aromatic heterocycles. The smallest absolute Gasteiger partial charge is 0.0637 e. The first-order valence-corrected chi connectivity index (χ1v) is 7.34. The van der Waals surface area contributed by atoms with Crippen molar-refractivity contribution in [1.82, 2.24) is 5.32 Å². The molecule has 0 spiro atoms. The van der Waals surface area contributed by atoms with E-state index in [-0.39, 0.29) is 0 Å². The van der Waals surface area contributed by atoms with Gasteiger partial charge in [0, 0.05) is 6.54 Å². The largest absolute Gasteiger partial charge is 0.312 e. The topological polar surface area (TPSA) is 12.0 Å². The average Bonchev–Trinajstić information content (AvgIpc) is 2.40. The van der Waals surface area contributed by atoms with E-state index in [2.05, 4.69) is 11.4 Å². The maximum Gasteiger partial charge on any atom is 0.0637 e.